The lowest BCUT2D eigenvalue weighted by Gasteiger charge is -2.45. The van der Waals surface area contributed by atoms with Gasteiger partial charge in [-0.25, -0.2) is 0 Å². The van der Waals surface area contributed by atoms with Crippen LogP contribution < -0.4 is 10.1 Å². The first-order chi connectivity index (χ1) is 9.67. The second-order valence-electron chi connectivity index (χ2n) is 5.71. The molecular formula is C15H20Cl2N2O. The van der Waals surface area contributed by atoms with Gasteiger partial charge in [-0.05, 0) is 44.0 Å². The Balaban J connectivity index is 1.69. The van der Waals surface area contributed by atoms with E-state index in [2.05, 4.69) is 10.2 Å². The van der Waals surface area contributed by atoms with E-state index < -0.39 is 0 Å². The van der Waals surface area contributed by atoms with Gasteiger partial charge in [0.25, 0.3) is 0 Å². The molecule has 4 rings (SSSR count). The van der Waals surface area contributed by atoms with Crippen LogP contribution in [0, 0.1) is 5.92 Å². The molecule has 0 spiro atoms. The summed E-state index contributed by atoms with van der Waals surface area (Å²) in [6.45, 7) is 4.42. The van der Waals surface area contributed by atoms with E-state index in [0.717, 1.165) is 30.3 Å². The van der Waals surface area contributed by atoms with E-state index in [9.17, 15) is 0 Å². The average molecular weight is 315 g/mol. The first-order valence-electron chi connectivity index (χ1n) is 7.15. The summed E-state index contributed by atoms with van der Waals surface area (Å²) in [7, 11) is 1.65. The highest BCUT2D eigenvalue weighted by Crippen LogP contribution is 2.33. The number of benzene rings is 1. The predicted molar refractivity (Wildman–Crippen MR) is 82.8 cm³/mol. The zero-order valence-electron chi connectivity index (χ0n) is 11.7. The third-order valence-electron chi connectivity index (χ3n) is 4.50. The fraction of sp³-hybridized carbons (Fsp3) is 0.600. The van der Waals surface area contributed by atoms with E-state index in [1.54, 1.807) is 13.2 Å². The number of methoxy groups -OCH3 is 1. The van der Waals surface area contributed by atoms with Crippen molar-refractivity contribution < 1.29 is 4.74 Å². The number of piperidine rings is 3. The Morgan fingerprint density at radius 3 is 2.65 bits per heavy atom. The topological polar surface area (TPSA) is 24.5 Å². The van der Waals surface area contributed by atoms with Crippen LogP contribution in [-0.2, 0) is 6.54 Å². The van der Waals surface area contributed by atoms with Gasteiger partial charge in [0.15, 0.2) is 0 Å². The smallest absolute Gasteiger partial charge is 0.142 e. The number of fused-ring (bicyclic) bond motifs is 3. The Morgan fingerprint density at radius 2 is 2.05 bits per heavy atom. The molecule has 0 radical (unpaired) electrons. The van der Waals surface area contributed by atoms with Gasteiger partial charge < -0.3 is 15.0 Å². The first kappa shape index (κ1) is 14.5. The van der Waals surface area contributed by atoms with E-state index in [1.165, 1.54) is 25.9 Å². The van der Waals surface area contributed by atoms with Gasteiger partial charge in [-0.2, -0.15) is 0 Å². The summed E-state index contributed by atoms with van der Waals surface area (Å²) in [5, 5.41) is 4.89. The summed E-state index contributed by atoms with van der Waals surface area (Å²) in [4.78, 5) is 2.54. The van der Waals surface area contributed by atoms with Crippen LogP contribution >= 0.6 is 23.2 Å². The average Bonchev–Trinajstić information content (AvgIpc) is 2.46. The molecule has 3 fully saturated rings. The van der Waals surface area contributed by atoms with Crippen LogP contribution in [0.3, 0.4) is 0 Å². The van der Waals surface area contributed by atoms with Crippen LogP contribution in [0.4, 0.5) is 0 Å². The monoisotopic (exact) mass is 314 g/mol. The number of hydrogen-bond acceptors (Lipinski definition) is 3. The third-order valence-corrected chi connectivity index (χ3v) is 5.00. The Morgan fingerprint density at radius 1 is 1.30 bits per heavy atom. The van der Waals surface area contributed by atoms with Crippen molar-refractivity contribution in [2.75, 3.05) is 26.7 Å². The standard InChI is InChI=1S/C15H20Cl2N2O/c1-20-15-11(6-12(16)7-13(15)17)8-18-14-9-19-4-2-10(14)3-5-19/h6-7,10,14,18H,2-5,8-9H2,1H3. The van der Waals surface area contributed by atoms with E-state index in [-0.39, 0.29) is 0 Å². The van der Waals surface area contributed by atoms with Gasteiger partial charge >= 0.3 is 0 Å². The molecule has 3 aliphatic heterocycles. The molecule has 0 amide bonds. The van der Waals surface area contributed by atoms with Gasteiger partial charge in [0.2, 0.25) is 0 Å². The minimum absolute atomic E-state index is 0.569. The molecule has 3 nitrogen and oxygen atoms in total. The minimum atomic E-state index is 0.569. The molecule has 1 aromatic carbocycles. The normalized spacial score (nSPS) is 28.6. The van der Waals surface area contributed by atoms with E-state index in [1.807, 2.05) is 6.07 Å². The SMILES string of the molecule is COc1c(Cl)cc(Cl)cc1CNC1CN2CCC1CC2. The van der Waals surface area contributed by atoms with Gasteiger partial charge in [-0.15, -0.1) is 0 Å². The van der Waals surface area contributed by atoms with Gasteiger partial charge in [-0.1, -0.05) is 23.2 Å². The van der Waals surface area contributed by atoms with Crippen molar-refractivity contribution >= 4 is 23.2 Å². The summed E-state index contributed by atoms with van der Waals surface area (Å²) >= 11 is 12.3. The number of ether oxygens (including phenoxy) is 1. The molecule has 3 heterocycles. The van der Waals surface area contributed by atoms with Crippen LogP contribution in [0.15, 0.2) is 12.1 Å². The zero-order chi connectivity index (χ0) is 14.1. The van der Waals surface area contributed by atoms with Gasteiger partial charge in [0.05, 0.1) is 12.1 Å². The molecule has 110 valence electrons. The quantitative estimate of drug-likeness (QED) is 0.923. The maximum absolute atomic E-state index is 6.17. The zero-order valence-corrected chi connectivity index (χ0v) is 13.2. The van der Waals surface area contributed by atoms with Crippen molar-refractivity contribution in [2.24, 2.45) is 5.92 Å². The van der Waals surface area contributed by atoms with E-state index in [4.69, 9.17) is 27.9 Å². The summed E-state index contributed by atoms with van der Waals surface area (Å²) < 4.78 is 5.39. The Bertz CT molecular complexity index is 487. The summed E-state index contributed by atoms with van der Waals surface area (Å²) in [5.74, 6) is 1.53. The lowest BCUT2D eigenvalue weighted by atomic mass is 9.84. The van der Waals surface area contributed by atoms with Crippen LogP contribution in [0.5, 0.6) is 5.75 Å². The molecule has 3 aliphatic rings. The molecule has 0 saturated carbocycles. The van der Waals surface area contributed by atoms with Gasteiger partial charge in [0.1, 0.15) is 5.75 Å². The number of nitrogens with one attached hydrogen (secondary N) is 1. The van der Waals surface area contributed by atoms with Crippen LogP contribution in [0.2, 0.25) is 10.0 Å². The second kappa shape index (κ2) is 6.10. The largest absolute Gasteiger partial charge is 0.495 e. The van der Waals surface area contributed by atoms with Crippen molar-refractivity contribution in [1.29, 1.82) is 0 Å². The lowest BCUT2D eigenvalue weighted by Crippen LogP contribution is -2.55. The van der Waals surface area contributed by atoms with Crippen molar-refractivity contribution in [2.45, 2.75) is 25.4 Å². The minimum Gasteiger partial charge on any atom is -0.495 e. The molecule has 1 aromatic rings. The number of hydrogen-bond donors (Lipinski definition) is 1. The molecule has 1 N–H and O–H groups in total. The molecule has 0 aromatic heterocycles. The van der Waals surface area contributed by atoms with Crippen LogP contribution in [0.1, 0.15) is 18.4 Å². The highest BCUT2D eigenvalue weighted by Gasteiger charge is 2.33. The predicted octanol–water partition coefficient (Wildman–Crippen LogP) is 3.19. The summed E-state index contributed by atoms with van der Waals surface area (Å²) in [6, 6.07) is 4.22. The number of nitrogens with zero attached hydrogens (tertiary/aromatic N) is 1. The molecule has 0 aliphatic carbocycles. The lowest BCUT2D eigenvalue weighted by molar-refractivity contribution is 0.0719. The third kappa shape index (κ3) is 2.91. The highest BCUT2D eigenvalue weighted by molar-refractivity contribution is 6.35. The molecule has 20 heavy (non-hydrogen) atoms. The van der Waals surface area contributed by atoms with Crippen LogP contribution in [-0.4, -0.2) is 37.7 Å². The van der Waals surface area contributed by atoms with Crippen molar-refractivity contribution in [1.82, 2.24) is 10.2 Å². The Labute approximate surface area is 130 Å². The maximum Gasteiger partial charge on any atom is 0.142 e. The fourth-order valence-corrected chi connectivity index (χ4v) is 4.02. The van der Waals surface area contributed by atoms with Crippen LogP contribution in [0.25, 0.3) is 0 Å². The molecule has 5 heteroatoms. The van der Waals surface area contributed by atoms with Crippen molar-refractivity contribution in [3.63, 3.8) is 0 Å². The second-order valence-corrected chi connectivity index (χ2v) is 6.55. The van der Waals surface area contributed by atoms with Gasteiger partial charge in [-0.3, -0.25) is 0 Å². The summed E-state index contributed by atoms with van der Waals surface area (Å²) in [5.41, 5.74) is 1.03. The highest BCUT2D eigenvalue weighted by atomic mass is 35.5. The first-order valence-corrected chi connectivity index (χ1v) is 7.90. The summed E-state index contributed by atoms with van der Waals surface area (Å²) in [6.07, 6.45) is 2.62. The number of halogens is 2. The van der Waals surface area contributed by atoms with E-state index >= 15 is 0 Å². The fourth-order valence-electron chi connectivity index (χ4n) is 3.41. The molecule has 1 atom stereocenters. The molecule has 1 unspecified atom stereocenters. The van der Waals surface area contributed by atoms with E-state index in [0.29, 0.717) is 16.1 Å². The van der Waals surface area contributed by atoms with Gasteiger partial charge in [0, 0.05) is 29.7 Å². The molecule has 3 saturated heterocycles. The van der Waals surface area contributed by atoms with Crippen molar-refractivity contribution in [3.8, 4) is 5.75 Å². The Hall–Kier alpha value is -0.480. The molecular weight excluding hydrogens is 295 g/mol. The van der Waals surface area contributed by atoms with Crippen molar-refractivity contribution in [3.05, 3.63) is 27.7 Å². The maximum atomic E-state index is 6.17. The number of rotatable bonds is 4. The Kier molecular flexibility index (Phi) is 4.41. The molecule has 2 bridgehead atoms.